The molecular formula is C23H28N2O8S. The number of anilines is 1. The quantitative estimate of drug-likeness (QED) is 0.275. The molecule has 0 unspecified atom stereocenters. The SMILES string of the molecule is C=CCOC(=O)c1cc(OC)c(OC)cc1NC(=O)[C@@H]1C[C@@H](CC(=O)S)CN1C(=O)OCC=C. The zero-order chi connectivity index (χ0) is 25.3. The number of amides is 2. The Kier molecular flexibility index (Phi) is 9.99. The number of rotatable bonds is 11. The monoisotopic (exact) mass is 492 g/mol. The van der Waals surface area contributed by atoms with Crippen LogP contribution in [0.5, 0.6) is 11.5 Å². The molecule has 1 aromatic carbocycles. The summed E-state index contributed by atoms with van der Waals surface area (Å²) in [4.78, 5) is 51.1. The largest absolute Gasteiger partial charge is 0.493 e. The molecule has 2 rings (SSSR count). The third kappa shape index (κ3) is 6.77. The smallest absolute Gasteiger partial charge is 0.410 e. The summed E-state index contributed by atoms with van der Waals surface area (Å²) in [6, 6.07) is 1.86. The number of hydrogen-bond acceptors (Lipinski definition) is 8. The van der Waals surface area contributed by atoms with E-state index in [0.717, 1.165) is 0 Å². The van der Waals surface area contributed by atoms with Gasteiger partial charge in [-0.05, 0) is 12.3 Å². The Bertz CT molecular complexity index is 965. The van der Waals surface area contributed by atoms with Crippen LogP contribution < -0.4 is 14.8 Å². The molecule has 34 heavy (non-hydrogen) atoms. The predicted octanol–water partition coefficient (Wildman–Crippen LogP) is 2.84. The van der Waals surface area contributed by atoms with E-state index < -0.39 is 24.0 Å². The summed E-state index contributed by atoms with van der Waals surface area (Å²) in [7, 11) is 2.82. The van der Waals surface area contributed by atoms with E-state index in [1.807, 2.05) is 0 Å². The van der Waals surface area contributed by atoms with Crippen LogP contribution in [-0.2, 0) is 19.1 Å². The number of benzene rings is 1. The Morgan fingerprint density at radius 3 is 2.29 bits per heavy atom. The van der Waals surface area contributed by atoms with Crippen LogP contribution >= 0.6 is 12.6 Å². The number of likely N-dealkylation sites (tertiary alicyclic amines) is 1. The molecule has 10 nitrogen and oxygen atoms in total. The second-order valence-electron chi connectivity index (χ2n) is 7.36. The standard InChI is InChI=1S/C23H28N2O8S/c1-5-7-32-22(28)15-11-18(30-3)19(31-4)12-16(15)24-21(27)17-9-14(10-20(26)34)13-25(17)23(29)33-8-6-2/h5-6,11-12,14,17H,1-2,7-10,13H2,3-4H3,(H,24,27)(H,26,34)/t14-,17-/m0/s1. The van der Waals surface area contributed by atoms with Crippen molar-refractivity contribution in [2.24, 2.45) is 5.92 Å². The fourth-order valence-corrected chi connectivity index (χ4v) is 3.82. The number of nitrogens with one attached hydrogen (secondary N) is 1. The highest BCUT2D eigenvalue weighted by molar-refractivity contribution is 7.96. The molecule has 2 atom stereocenters. The van der Waals surface area contributed by atoms with Crippen LogP contribution in [-0.4, -0.2) is 68.0 Å². The molecule has 1 heterocycles. The zero-order valence-electron chi connectivity index (χ0n) is 19.1. The van der Waals surface area contributed by atoms with Gasteiger partial charge in [0, 0.05) is 25.1 Å². The lowest BCUT2D eigenvalue weighted by molar-refractivity contribution is -0.120. The van der Waals surface area contributed by atoms with Crippen molar-refractivity contribution in [3.8, 4) is 11.5 Å². The second-order valence-corrected chi connectivity index (χ2v) is 7.86. The Balaban J connectivity index is 2.36. The molecule has 0 bridgehead atoms. The minimum Gasteiger partial charge on any atom is -0.493 e. The van der Waals surface area contributed by atoms with E-state index in [-0.39, 0.29) is 66.4 Å². The fraction of sp³-hybridized carbons (Fsp3) is 0.391. The first-order chi connectivity index (χ1) is 16.2. The van der Waals surface area contributed by atoms with Gasteiger partial charge in [-0.1, -0.05) is 25.3 Å². The number of hydrogen-bond donors (Lipinski definition) is 2. The van der Waals surface area contributed by atoms with Gasteiger partial charge in [-0.3, -0.25) is 14.5 Å². The van der Waals surface area contributed by atoms with Crippen LogP contribution in [0, 0.1) is 5.92 Å². The van der Waals surface area contributed by atoms with Gasteiger partial charge in [-0.2, -0.15) is 0 Å². The molecule has 1 saturated heterocycles. The first kappa shape index (κ1) is 26.8. The lowest BCUT2D eigenvalue weighted by Gasteiger charge is -2.23. The molecule has 0 spiro atoms. The zero-order valence-corrected chi connectivity index (χ0v) is 20.0. The van der Waals surface area contributed by atoms with Gasteiger partial charge in [0.2, 0.25) is 5.91 Å². The maximum absolute atomic E-state index is 13.3. The topological polar surface area (TPSA) is 120 Å². The molecule has 0 aliphatic carbocycles. The average molecular weight is 493 g/mol. The molecule has 1 N–H and O–H groups in total. The van der Waals surface area contributed by atoms with Crippen molar-refractivity contribution in [2.45, 2.75) is 18.9 Å². The minimum absolute atomic E-state index is 0.0220. The van der Waals surface area contributed by atoms with E-state index in [4.69, 9.17) is 18.9 Å². The van der Waals surface area contributed by atoms with Crippen molar-refractivity contribution in [3.05, 3.63) is 43.0 Å². The Morgan fingerprint density at radius 2 is 1.71 bits per heavy atom. The van der Waals surface area contributed by atoms with Crippen molar-refractivity contribution in [2.75, 3.05) is 39.3 Å². The number of methoxy groups -OCH3 is 2. The summed E-state index contributed by atoms with van der Waals surface area (Å²) in [5.41, 5.74) is 0.124. The lowest BCUT2D eigenvalue weighted by atomic mass is 10.0. The molecule has 184 valence electrons. The summed E-state index contributed by atoms with van der Waals surface area (Å²) in [5, 5.41) is 2.33. The molecule has 0 aromatic heterocycles. The highest BCUT2D eigenvalue weighted by atomic mass is 32.1. The summed E-state index contributed by atoms with van der Waals surface area (Å²) in [6.45, 7) is 7.08. The van der Waals surface area contributed by atoms with Crippen molar-refractivity contribution in [1.82, 2.24) is 4.90 Å². The molecule has 0 radical (unpaired) electrons. The summed E-state index contributed by atoms with van der Waals surface area (Å²) < 4.78 is 20.7. The highest BCUT2D eigenvalue weighted by Gasteiger charge is 2.41. The summed E-state index contributed by atoms with van der Waals surface area (Å²) >= 11 is 3.81. The molecule has 1 fully saturated rings. The number of ether oxygens (including phenoxy) is 4. The first-order valence-corrected chi connectivity index (χ1v) is 10.8. The maximum Gasteiger partial charge on any atom is 0.410 e. The van der Waals surface area contributed by atoms with Gasteiger partial charge in [-0.25, -0.2) is 9.59 Å². The lowest BCUT2D eigenvalue weighted by Crippen LogP contribution is -2.43. The van der Waals surface area contributed by atoms with Crippen molar-refractivity contribution < 1.29 is 38.1 Å². The van der Waals surface area contributed by atoms with Gasteiger partial charge in [0.05, 0.1) is 25.5 Å². The van der Waals surface area contributed by atoms with Crippen LogP contribution in [0.15, 0.2) is 37.4 Å². The average Bonchev–Trinajstić information content (AvgIpc) is 3.23. The normalized spacial score (nSPS) is 16.9. The predicted molar refractivity (Wildman–Crippen MR) is 127 cm³/mol. The van der Waals surface area contributed by atoms with Crippen molar-refractivity contribution >= 4 is 41.4 Å². The van der Waals surface area contributed by atoms with Gasteiger partial charge >= 0.3 is 12.1 Å². The second kappa shape index (κ2) is 12.7. The number of esters is 1. The number of carbonyl (C=O) groups is 4. The molecule has 11 heteroatoms. The van der Waals surface area contributed by atoms with Crippen molar-refractivity contribution in [1.29, 1.82) is 0 Å². The Labute approximate surface area is 203 Å². The first-order valence-electron chi connectivity index (χ1n) is 10.4. The van der Waals surface area contributed by atoms with E-state index in [1.165, 1.54) is 43.4 Å². The van der Waals surface area contributed by atoms with Crippen molar-refractivity contribution in [3.63, 3.8) is 0 Å². The third-order valence-electron chi connectivity index (χ3n) is 5.05. The maximum atomic E-state index is 13.3. The van der Waals surface area contributed by atoms with Gasteiger partial charge in [0.15, 0.2) is 16.6 Å². The molecule has 2 amide bonds. The fourth-order valence-electron chi connectivity index (χ4n) is 3.56. The van der Waals surface area contributed by atoms with E-state index in [1.54, 1.807) is 0 Å². The van der Waals surface area contributed by atoms with E-state index in [9.17, 15) is 19.2 Å². The molecular weight excluding hydrogens is 464 g/mol. The molecule has 1 aliphatic rings. The Morgan fingerprint density at radius 1 is 1.09 bits per heavy atom. The van der Waals surface area contributed by atoms with E-state index in [0.29, 0.717) is 0 Å². The number of carbonyl (C=O) groups excluding carboxylic acids is 4. The highest BCUT2D eigenvalue weighted by Crippen LogP contribution is 2.35. The van der Waals surface area contributed by atoms with Crippen LogP contribution in [0.3, 0.4) is 0 Å². The van der Waals surface area contributed by atoms with Gasteiger partial charge in [0.25, 0.3) is 0 Å². The molecule has 0 saturated carbocycles. The van der Waals surface area contributed by atoms with Gasteiger partial charge in [-0.15, -0.1) is 12.6 Å². The van der Waals surface area contributed by atoms with Crippen LogP contribution in [0.4, 0.5) is 10.5 Å². The number of thiol groups is 1. The number of nitrogens with zero attached hydrogens (tertiary/aromatic N) is 1. The summed E-state index contributed by atoms with van der Waals surface area (Å²) in [6.07, 6.45) is 2.40. The van der Waals surface area contributed by atoms with E-state index >= 15 is 0 Å². The van der Waals surface area contributed by atoms with Gasteiger partial charge in [0.1, 0.15) is 19.3 Å². The molecule has 1 aromatic rings. The third-order valence-corrected chi connectivity index (χ3v) is 5.23. The Hall–Kier alpha value is -3.47. The van der Waals surface area contributed by atoms with Crippen LogP contribution in [0.25, 0.3) is 0 Å². The minimum atomic E-state index is -0.944. The van der Waals surface area contributed by atoms with Gasteiger partial charge < -0.3 is 24.3 Å². The van der Waals surface area contributed by atoms with Crippen LogP contribution in [0.1, 0.15) is 23.2 Å². The summed E-state index contributed by atoms with van der Waals surface area (Å²) in [5.74, 6) is -1.04. The molecule has 1 aliphatic heterocycles. The van der Waals surface area contributed by atoms with Crippen LogP contribution in [0.2, 0.25) is 0 Å². The van der Waals surface area contributed by atoms with E-state index in [2.05, 4.69) is 31.1 Å².